The maximum atomic E-state index is 7.99. The summed E-state index contributed by atoms with van der Waals surface area (Å²) >= 11 is 0. The van der Waals surface area contributed by atoms with Crippen molar-refractivity contribution in [2.24, 2.45) is 6.98 Å². The number of pyridine rings is 1. The summed E-state index contributed by atoms with van der Waals surface area (Å²) in [5.74, 6) is 0.602. The average molecular weight is 266 g/mol. The number of rotatable bonds is 0. The number of hydrogen-bond donors (Lipinski definition) is 0. The van der Waals surface area contributed by atoms with Crippen LogP contribution < -0.4 is 4.57 Å². The topological polar surface area (TPSA) is 51.9 Å². The van der Waals surface area contributed by atoms with Crippen LogP contribution in [0, 0.1) is 0 Å². The van der Waals surface area contributed by atoms with Gasteiger partial charge < -0.3 is 0 Å². The Bertz CT molecular complexity index is 1090. The van der Waals surface area contributed by atoms with E-state index >= 15 is 0 Å². The van der Waals surface area contributed by atoms with Crippen molar-refractivity contribution < 1.29 is 8.68 Å². The van der Waals surface area contributed by atoms with Gasteiger partial charge in [0, 0.05) is 12.3 Å². The third-order valence-corrected chi connectivity index (χ3v) is 3.73. The zero-order valence-electron chi connectivity index (χ0n) is 13.4. The van der Waals surface area contributed by atoms with Gasteiger partial charge in [-0.1, -0.05) is 0 Å². The maximum Gasteiger partial charge on any atom is 0.314 e. The van der Waals surface area contributed by atoms with Gasteiger partial charge in [-0.2, -0.15) is 4.98 Å². The molecular weight excluding hydrogens is 252 g/mol. The Kier molecular flexibility index (Phi) is 1.24. The van der Waals surface area contributed by atoms with E-state index in [0.29, 0.717) is 29.3 Å². The van der Waals surface area contributed by atoms with E-state index in [0.717, 1.165) is 11.3 Å². The predicted octanol–water partition coefficient (Wildman–Crippen LogP) is 0.932. The van der Waals surface area contributed by atoms with Crippen LogP contribution in [0.2, 0.25) is 0 Å². The van der Waals surface area contributed by atoms with Crippen LogP contribution in [-0.4, -0.2) is 24.1 Å². The fourth-order valence-corrected chi connectivity index (χ4v) is 2.90. The lowest BCUT2D eigenvalue weighted by Crippen LogP contribution is -2.31. The molecule has 4 aromatic heterocycles. The van der Waals surface area contributed by atoms with Gasteiger partial charge in [-0.3, -0.25) is 4.98 Å². The van der Waals surface area contributed by atoms with Crippen molar-refractivity contribution in [3.05, 3.63) is 42.4 Å². The van der Waals surface area contributed by atoms with Gasteiger partial charge >= 0.3 is 5.65 Å². The molecule has 0 bridgehead atoms. The first-order valence-electron chi connectivity index (χ1n) is 7.78. The lowest BCUT2D eigenvalue weighted by atomic mass is 10.2. The van der Waals surface area contributed by atoms with E-state index in [1.165, 1.54) is 4.57 Å². The number of imidazole rings is 2. The molecule has 0 atom stereocenters. The molecule has 0 aliphatic carbocycles. The smallest absolute Gasteiger partial charge is 0.257 e. The van der Waals surface area contributed by atoms with Crippen LogP contribution >= 0.6 is 0 Å². The zero-order chi connectivity index (χ0) is 15.8. The third-order valence-electron chi connectivity index (χ3n) is 3.73. The molecular formula is C14H11N6+. The summed E-state index contributed by atoms with van der Waals surface area (Å²) in [7, 11) is 0. The quantitative estimate of drug-likeness (QED) is 0.392. The highest BCUT2D eigenvalue weighted by Crippen LogP contribution is 2.31. The molecule has 0 spiro atoms. The lowest BCUT2D eigenvalue weighted by molar-refractivity contribution is -0.636. The first-order valence-corrected chi connectivity index (χ1v) is 6.28. The molecule has 5 heterocycles. The molecule has 20 heavy (non-hydrogen) atoms. The highest BCUT2D eigenvalue weighted by molar-refractivity contribution is 5.76. The van der Waals surface area contributed by atoms with E-state index in [2.05, 4.69) is 15.1 Å². The molecule has 0 N–H and O–H groups in total. The zero-order valence-corrected chi connectivity index (χ0v) is 10.4. The number of aromatic nitrogens is 6. The SMILES string of the molecule is [2H]C([2H])([2H])[n+]1c2n(c3nc4cccnn4c31)Cc1ncccc1-2. The summed E-state index contributed by atoms with van der Waals surface area (Å²) < 4.78 is 28.8. The van der Waals surface area contributed by atoms with E-state index in [4.69, 9.17) is 4.11 Å². The van der Waals surface area contributed by atoms with Gasteiger partial charge in [0.25, 0.3) is 5.65 Å². The minimum absolute atomic E-state index is 0.477. The molecule has 0 saturated heterocycles. The van der Waals surface area contributed by atoms with Crippen LogP contribution in [0.25, 0.3) is 28.3 Å². The van der Waals surface area contributed by atoms with Crippen molar-refractivity contribution in [2.45, 2.75) is 6.54 Å². The van der Waals surface area contributed by atoms with Gasteiger partial charge in [0.1, 0.15) is 6.54 Å². The Morgan fingerprint density at radius 3 is 3.20 bits per heavy atom. The Labute approximate surface area is 118 Å². The molecule has 4 aromatic rings. The maximum absolute atomic E-state index is 7.99. The second-order valence-corrected chi connectivity index (χ2v) is 4.80. The van der Waals surface area contributed by atoms with Crippen LogP contribution in [0.4, 0.5) is 0 Å². The molecule has 1 aliphatic heterocycles. The summed E-state index contributed by atoms with van der Waals surface area (Å²) in [6.45, 7) is -1.83. The minimum Gasteiger partial charge on any atom is -0.257 e. The molecule has 0 fully saturated rings. The summed E-state index contributed by atoms with van der Waals surface area (Å²) in [5.41, 5.74) is 3.38. The van der Waals surface area contributed by atoms with Crippen molar-refractivity contribution in [3.63, 3.8) is 0 Å². The third kappa shape index (κ3) is 1.01. The normalized spacial score (nSPS) is 15.9. The van der Waals surface area contributed by atoms with Crippen molar-refractivity contribution in [2.75, 3.05) is 0 Å². The number of aryl methyl sites for hydroxylation is 1. The van der Waals surface area contributed by atoms with Crippen LogP contribution in [0.15, 0.2) is 36.7 Å². The van der Waals surface area contributed by atoms with Crippen LogP contribution in [0.3, 0.4) is 0 Å². The monoisotopic (exact) mass is 266 g/mol. The fourth-order valence-electron chi connectivity index (χ4n) is 2.90. The predicted molar refractivity (Wildman–Crippen MR) is 72.0 cm³/mol. The van der Waals surface area contributed by atoms with Gasteiger partial charge in [0.15, 0.2) is 0 Å². The molecule has 0 radical (unpaired) electrons. The molecule has 5 rings (SSSR count). The second-order valence-electron chi connectivity index (χ2n) is 4.80. The molecule has 96 valence electrons. The highest BCUT2D eigenvalue weighted by Gasteiger charge is 2.34. The molecule has 0 saturated carbocycles. The number of fused-ring (bicyclic) bond motifs is 7. The first-order chi connectivity index (χ1) is 11.1. The summed E-state index contributed by atoms with van der Waals surface area (Å²) in [5, 5.41) is 4.27. The van der Waals surface area contributed by atoms with E-state index in [-0.39, 0.29) is 0 Å². The molecule has 6 heteroatoms. The summed E-state index contributed by atoms with van der Waals surface area (Å²) in [4.78, 5) is 8.93. The molecule has 0 aromatic carbocycles. The van der Waals surface area contributed by atoms with Gasteiger partial charge in [0.05, 0.1) is 28.5 Å². The summed E-state index contributed by atoms with van der Waals surface area (Å²) in [6.07, 6.45) is 3.34. The van der Waals surface area contributed by atoms with E-state index in [1.807, 2.05) is 22.8 Å². The largest absolute Gasteiger partial charge is 0.314 e. The molecule has 0 unspecified atom stereocenters. The number of nitrogens with zero attached hydrogens (tertiary/aromatic N) is 6. The Morgan fingerprint density at radius 1 is 1.30 bits per heavy atom. The second kappa shape index (κ2) is 3.22. The minimum atomic E-state index is -2.34. The van der Waals surface area contributed by atoms with Gasteiger partial charge in [0.2, 0.25) is 11.5 Å². The van der Waals surface area contributed by atoms with E-state index in [9.17, 15) is 0 Å². The van der Waals surface area contributed by atoms with Crippen LogP contribution in [0.5, 0.6) is 0 Å². The Hall–Kier alpha value is -2.76. The van der Waals surface area contributed by atoms with Crippen molar-refractivity contribution >= 4 is 16.9 Å². The first kappa shape index (κ1) is 7.74. The van der Waals surface area contributed by atoms with E-state index in [1.54, 1.807) is 23.0 Å². The fraction of sp³-hybridized carbons (Fsp3) is 0.143. The van der Waals surface area contributed by atoms with E-state index < -0.39 is 6.98 Å². The standard InChI is InChI=1S/C14H11N6/c1-18-13-9-4-2-6-15-10(9)8-19(13)12-14(18)20-11(17-12)5-3-7-16-20/h2-7H,8H2,1H3/q+1/i1D3. The van der Waals surface area contributed by atoms with Crippen molar-refractivity contribution in [1.82, 2.24) is 24.1 Å². The van der Waals surface area contributed by atoms with Gasteiger partial charge in [-0.15, -0.1) is 9.61 Å². The van der Waals surface area contributed by atoms with Crippen molar-refractivity contribution in [3.8, 4) is 11.4 Å². The number of hydrogen-bond acceptors (Lipinski definition) is 3. The summed E-state index contributed by atoms with van der Waals surface area (Å²) in [6, 6.07) is 7.29. The Balaban J connectivity index is 2.01. The lowest BCUT2D eigenvalue weighted by Gasteiger charge is -1.95. The molecule has 6 nitrogen and oxygen atoms in total. The molecule has 1 aliphatic rings. The van der Waals surface area contributed by atoms with Gasteiger partial charge in [-0.05, 0) is 18.2 Å². The average Bonchev–Trinajstić information content (AvgIpc) is 3.13. The highest BCUT2D eigenvalue weighted by atomic mass is 15.4. The molecule has 0 amide bonds. The van der Waals surface area contributed by atoms with Gasteiger partial charge in [-0.25, -0.2) is 9.13 Å². The van der Waals surface area contributed by atoms with Crippen LogP contribution in [-0.2, 0) is 13.5 Å². The Morgan fingerprint density at radius 2 is 2.25 bits per heavy atom. The van der Waals surface area contributed by atoms with Crippen LogP contribution in [0.1, 0.15) is 9.81 Å². The van der Waals surface area contributed by atoms with Crippen molar-refractivity contribution in [1.29, 1.82) is 0 Å².